The number of anilines is 1. The number of urea groups is 1. The van der Waals surface area contributed by atoms with Gasteiger partial charge in [-0.3, -0.25) is 14.5 Å². The number of hydrogen-bond acceptors (Lipinski definition) is 4. The third kappa shape index (κ3) is 4.32. The van der Waals surface area contributed by atoms with Crippen molar-refractivity contribution in [2.45, 2.75) is 22.3 Å². The number of carbonyl (C=O) groups is 3. The summed E-state index contributed by atoms with van der Waals surface area (Å²) < 4.78 is 0. The fourth-order valence-electron chi connectivity index (χ4n) is 3.42. The Labute approximate surface area is 184 Å². The van der Waals surface area contributed by atoms with Crippen LogP contribution in [0.2, 0.25) is 0 Å². The van der Waals surface area contributed by atoms with Crippen molar-refractivity contribution in [2.24, 2.45) is 0 Å². The third-order valence-electron chi connectivity index (χ3n) is 5.06. The molecule has 0 saturated carbocycles. The number of para-hydroxylation sites is 1. The number of carbonyl (C=O) groups excluding carboxylic acids is 3. The standard InChI is InChI=1S/C24H21N3O3S/c1-24(17-10-4-2-5-11-17)22(29)27(23(30)26-24)16-21(28)25-19-14-8-9-15-20(19)31-18-12-6-3-7-13-18/h2-15H,16H2,1H3,(H,25,28)(H,26,30). The zero-order valence-corrected chi connectivity index (χ0v) is 17.7. The van der Waals surface area contributed by atoms with Crippen LogP contribution in [0, 0.1) is 0 Å². The number of benzene rings is 3. The van der Waals surface area contributed by atoms with E-state index in [-0.39, 0.29) is 6.54 Å². The van der Waals surface area contributed by atoms with E-state index >= 15 is 0 Å². The van der Waals surface area contributed by atoms with Gasteiger partial charge in [0.05, 0.1) is 5.69 Å². The second kappa shape index (κ2) is 8.65. The lowest BCUT2D eigenvalue weighted by molar-refractivity contribution is -0.133. The van der Waals surface area contributed by atoms with Crippen LogP contribution in [-0.2, 0) is 15.1 Å². The zero-order chi connectivity index (χ0) is 21.8. The Bertz CT molecular complexity index is 1120. The fraction of sp³-hybridized carbons (Fsp3) is 0.125. The van der Waals surface area contributed by atoms with Crippen LogP contribution >= 0.6 is 11.8 Å². The Morgan fingerprint density at radius 2 is 1.55 bits per heavy atom. The number of nitrogens with one attached hydrogen (secondary N) is 2. The van der Waals surface area contributed by atoms with Gasteiger partial charge in [0, 0.05) is 9.79 Å². The van der Waals surface area contributed by atoms with Crippen LogP contribution in [0.4, 0.5) is 10.5 Å². The summed E-state index contributed by atoms with van der Waals surface area (Å²) in [4.78, 5) is 41.1. The summed E-state index contributed by atoms with van der Waals surface area (Å²) in [7, 11) is 0. The molecule has 2 N–H and O–H groups in total. The molecule has 3 aromatic rings. The van der Waals surface area contributed by atoms with Gasteiger partial charge in [0.1, 0.15) is 12.1 Å². The molecule has 1 aliphatic heterocycles. The van der Waals surface area contributed by atoms with Crippen molar-refractivity contribution in [1.29, 1.82) is 0 Å². The summed E-state index contributed by atoms with van der Waals surface area (Å²) in [5.41, 5.74) is 0.0970. The average molecular weight is 432 g/mol. The van der Waals surface area contributed by atoms with Crippen LogP contribution in [0.15, 0.2) is 94.7 Å². The first-order valence-corrected chi connectivity index (χ1v) is 10.6. The minimum Gasteiger partial charge on any atom is -0.323 e. The molecule has 31 heavy (non-hydrogen) atoms. The summed E-state index contributed by atoms with van der Waals surface area (Å²) in [5, 5.41) is 5.55. The minimum atomic E-state index is -1.19. The summed E-state index contributed by atoms with van der Waals surface area (Å²) in [6.07, 6.45) is 0. The molecule has 1 fully saturated rings. The molecular weight excluding hydrogens is 410 g/mol. The van der Waals surface area contributed by atoms with E-state index in [0.29, 0.717) is 11.3 Å². The van der Waals surface area contributed by atoms with E-state index < -0.39 is 23.4 Å². The molecule has 156 valence electrons. The molecule has 6 nitrogen and oxygen atoms in total. The topological polar surface area (TPSA) is 78.5 Å². The highest BCUT2D eigenvalue weighted by Crippen LogP contribution is 2.33. The Balaban J connectivity index is 1.47. The third-order valence-corrected chi connectivity index (χ3v) is 6.14. The van der Waals surface area contributed by atoms with Gasteiger partial charge >= 0.3 is 6.03 Å². The number of nitrogens with zero attached hydrogens (tertiary/aromatic N) is 1. The van der Waals surface area contributed by atoms with Gasteiger partial charge < -0.3 is 10.6 Å². The van der Waals surface area contributed by atoms with Gasteiger partial charge in [-0.1, -0.05) is 72.4 Å². The lowest BCUT2D eigenvalue weighted by atomic mass is 9.92. The fourth-order valence-corrected chi connectivity index (χ4v) is 4.34. The Kier molecular flexibility index (Phi) is 5.77. The molecule has 1 saturated heterocycles. The van der Waals surface area contributed by atoms with Crippen molar-refractivity contribution >= 4 is 35.3 Å². The largest absolute Gasteiger partial charge is 0.325 e. The van der Waals surface area contributed by atoms with Crippen LogP contribution < -0.4 is 10.6 Å². The predicted octanol–water partition coefficient (Wildman–Crippen LogP) is 4.24. The highest BCUT2D eigenvalue weighted by Gasteiger charge is 2.49. The van der Waals surface area contributed by atoms with Gasteiger partial charge in [-0.05, 0) is 36.8 Å². The summed E-state index contributed by atoms with van der Waals surface area (Å²) in [5.74, 6) is -0.896. The number of imide groups is 1. The van der Waals surface area contributed by atoms with Crippen LogP contribution in [0.5, 0.6) is 0 Å². The molecule has 0 radical (unpaired) electrons. The van der Waals surface area contributed by atoms with Crippen LogP contribution in [-0.4, -0.2) is 29.3 Å². The normalized spacial score (nSPS) is 18.0. The molecule has 3 aromatic carbocycles. The van der Waals surface area contributed by atoms with Crippen molar-refractivity contribution in [3.8, 4) is 0 Å². The van der Waals surface area contributed by atoms with E-state index in [0.717, 1.165) is 14.7 Å². The summed E-state index contributed by atoms with van der Waals surface area (Å²) in [6, 6.07) is 25.6. The Hall–Kier alpha value is -3.58. The molecule has 7 heteroatoms. The Morgan fingerprint density at radius 1 is 0.935 bits per heavy atom. The second-order valence-electron chi connectivity index (χ2n) is 7.27. The summed E-state index contributed by atoms with van der Waals surface area (Å²) in [6.45, 7) is 1.28. The van der Waals surface area contributed by atoms with Crippen molar-refractivity contribution in [2.75, 3.05) is 11.9 Å². The monoisotopic (exact) mass is 431 g/mol. The van der Waals surface area contributed by atoms with E-state index in [9.17, 15) is 14.4 Å². The summed E-state index contributed by atoms with van der Waals surface area (Å²) >= 11 is 1.52. The van der Waals surface area contributed by atoms with E-state index in [1.807, 2.05) is 54.6 Å². The van der Waals surface area contributed by atoms with Crippen LogP contribution in [0.1, 0.15) is 12.5 Å². The van der Waals surface area contributed by atoms with Gasteiger partial charge in [0.2, 0.25) is 5.91 Å². The minimum absolute atomic E-state index is 0.364. The van der Waals surface area contributed by atoms with E-state index in [4.69, 9.17) is 0 Å². The molecular formula is C24H21N3O3S. The van der Waals surface area contributed by atoms with Crippen molar-refractivity contribution < 1.29 is 14.4 Å². The van der Waals surface area contributed by atoms with Crippen molar-refractivity contribution in [3.05, 3.63) is 90.5 Å². The molecule has 4 rings (SSSR count). The molecule has 1 aliphatic rings. The van der Waals surface area contributed by atoms with Crippen molar-refractivity contribution in [1.82, 2.24) is 10.2 Å². The maximum atomic E-state index is 13.0. The molecule has 1 heterocycles. The Morgan fingerprint density at radius 3 is 2.26 bits per heavy atom. The van der Waals surface area contributed by atoms with E-state index in [2.05, 4.69) is 10.6 Å². The SMILES string of the molecule is CC1(c2ccccc2)NC(=O)N(CC(=O)Nc2ccccc2Sc2ccccc2)C1=O. The van der Waals surface area contributed by atoms with E-state index in [1.165, 1.54) is 11.8 Å². The first kappa shape index (κ1) is 20.7. The predicted molar refractivity (Wildman–Crippen MR) is 120 cm³/mol. The average Bonchev–Trinajstić information content (AvgIpc) is 3.00. The highest BCUT2D eigenvalue weighted by molar-refractivity contribution is 7.99. The quantitative estimate of drug-likeness (QED) is 0.572. The van der Waals surface area contributed by atoms with E-state index in [1.54, 1.807) is 37.3 Å². The molecule has 0 bridgehead atoms. The first-order chi connectivity index (χ1) is 15.0. The maximum absolute atomic E-state index is 13.0. The number of hydrogen-bond donors (Lipinski definition) is 2. The molecule has 0 aliphatic carbocycles. The van der Waals surface area contributed by atoms with Crippen LogP contribution in [0.3, 0.4) is 0 Å². The van der Waals surface area contributed by atoms with Gasteiger partial charge in [-0.2, -0.15) is 0 Å². The van der Waals surface area contributed by atoms with Gasteiger partial charge in [0.25, 0.3) is 5.91 Å². The number of amides is 4. The molecule has 0 aromatic heterocycles. The lowest BCUT2D eigenvalue weighted by Gasteiger charge is -2.22. The lowest BCUT2D eigenvalue weighted by Crippen LogP contribution is -2.42. The van der Waals surface area contributed by atoms with Gasteiger partial charge in [0.15, 0.2) is 0 Å². The smallest absolute Gasteiger partial charge is 0.323 e. The molecule has 0 spiro atoms. The highest BCUT2D eigenvalue weighted by atomic mass is 32.2. The first-order valence-electron chi connectivity index (χ1n) is 9.79. The van der Waals surface area contributed by atoms with Gasteiger partial charge in [-0.25, -0.2) is 4.79 Å². The molecule has 4 amide bonds. The number of rotatable bonds is 6. The van der Waals surface area contributed by atoms with Gasteiger partial charge in [-0.15, -0.1) is 0 Å². The van der Waals surface area contributed by atoms with Crippen LogP contribution in [0.25, 0.3) is 0 Å². The van der Waals surface area contributed by atoms with Crippen molar-refractivity contribution in [3.63, 3.8) is 0 Å². The zero-order valence-electron chi connectivity index (χ0n) is 16.9. The second-order valence-corrected chi connectivity index (χ2v) is 8.39. The molecule has 1 atom stereocenters. The molecule has 1 unspecified atom stereocenters. The maximum Gasteiger partial charge on any atom is 0.325 e.